The molecule has 0 aromatic heterocycles. The molecule has 22 heavy (non-hydrogen) atoms. The normalized spacial score (nSPS) is 13.4. The van der Waals surface area contributed by atoms with Crippen molar-refractivity contribution in [3.05, 3.63) is 35.4 Å². The number of benzene rings is 1. The SMILES string of the molecule is Cc1ccc(CC(C)(C)N)cc1.O=CO[C@@H](O)[C@H](O)C(=O)O. The molecule has 0 unspecified atom stereocenters. The van der Waals surface area contributed by atoms with E-state index in [1.54, 1.807) is 0 Å². The molecule has 1 aromatic carbocycles. The van der Waals surface area contributed by atoms with Crippen molar-refractivity contribution in [2.24, 2.45) is 5.73 Å². The van der Waals surface area contributed by atoms with E-state index in [4.69, 9.17) is 21.1 Å². The monoisotopic (exact) mass is 313 g/mol. The second-order valence-corrected chi connectivity index (χ2v) is 5.56. The van der Waals surface area contributed by atoms with E-state index in [1.807, 2.05) is 13.8 Å². The van der Waals surface area contributed by atoms with E-state index < -0.39 is 18.4 Å². The van der Waals surface area contributed by atoms with Crippen LogP contribution in [0.4, 0.5) is 0 Å². The summed E-state index contributed by atoms with van der Waals surface area (Å²) < 4.78 is 3.71. The quantitative estimate of drug-likeness (QED) is 0.436. The summed E-state index contributed by atoms with van der Waals surface area (Å²) in [6.07, 6.45) is -3.16. The highest BCUT2D eigenvalue weighted by Crippen LogP contribution is 2.10. The van der Waals surface area contributed by atoms with Gasteiger partial charge in [0, 0.05) is 5.54 Å². The zero-order valence-electron chi connectivity index (χ0n) is 12.9. The molecule has 0 saturated heterocycles. The average molecular weight is 313 g/mol. The number of aliphatic hydroxyl groups excluding tert-OH is 2. The van der Waals surface area contributed by atoms with Crippen LogP contribution in [-0.4, -0.2) is 45.7 Å². The van der Waals surface area contributed by atoms with Crippen molar-refractivity contribution < 1.29 is 29.6 Å². The van der Waals surface area contributed by atoms with Gasteiger partial charge in [-0.1, -0.05) is 29.8 Å². The maximum absolute atomic E-state index is 9.81. The maximum Gasteiger partial charge on any atom is 0.339 e. The van der Waals surface area contributed by atoms with Crippen molar-refractivity contribution >= 4 is 12.4 Å². The fraction of sp³-hybridized carbons (Fsp3) is 0.467. The predicted molar refractivity (Wildman–Crippen MR) is 79.9 cm³/mol. The van der Waals surface area contributed by atoms with Crippen LogP contribution in [0, 0.1) is 6.92 Å². The zero-order valence-corrected chi connectivity index (χ0v) is 12.9. The number of rotatable bonds is 6. The lowest BCUT2D eigenvalue weighted by Crippen LogP contribution is -2.35. The second-order valence-electron chi connectivity index (χ2n) is 5.56. The van der Waals surface area contributed by atoms with Gasteiger partial charge in [-0.3, -0.25) is 4.79 Å². The molecule has 0 radical (unpaired) electrons. The number of carboxylic acid groups (broad SMARTS) is 1. The Labute approximate surface area is 129 Å². The number of ether oxygens (including phenoxy) is 1. The van der Waals surface area contributed by atoms with Gasteiger partial charge in [-0.05, 0) is 32.8 Å². The van der Waals surface area contributed by atoms with E-state index in [2.05, 4.69) is 35.9 Å². The van der Waals surface area contributed by atoms with E-state index in [0.717, 1.165) is 6.42 Å². The first-order valence-corrected chi connectivity index (χ1v) is 6.59. The molecule has 0 aliphatic heterocycles. The summed E-state index contributed by atoms with van der Waals surface area (Å²) in [5.41, 5.74) is 8.42. The summed E-state index contributed by atoms with van der Waals surface area (Å²) in [4.78, 5) is 19.3. The third kappa shape index (κ3) is 9.06. The molecule has 0 fully saturated rings. The molecule has 1 aromatic rings. The minimum atomic E-state index is -2.09. The lowest BCUT2D eigenvalue weighted by Gasteiger charge is -2.18. The van der Waals surface area contributed by atoms with Crippen LogP contribution in [0.1, 0.15) is 25.0 Å². The van der Waals surface area contributed by atoms with E-state index in [1.165, 1.54) is 11.1 Å². The fourth-order valence-corrected chi connectivity index (χ4v) is 1.49. The average Bonchev–Trinajstić information content (AvgIpc) is 2.40. The lowest BCUT2D eigenvalue weighted by molar-refractivity contribution is -0.185. The van der Waals surface area contributed by atoms with Gasteiger partial charge in [-0.15, -0.1) is 0 Å². The van der Waals surface area contributed by atoms with E-state index in [0.29, 0.717) is 0 Å². The number of carbonyl (C=O) groups excluding carboxylic acids is 1. The predicted octanol–water partition coefficient (Wildman–Crippen LogP) is 0.198. The second kappa shape index (κ2) is 9.14. The minimum absolute atomic E-state index is 0.102. The van der Waals surface area contributed by atoms with Gasteiger partial charge in [0.1, 0.15) is 0 Å². The van der Waals surface area contributed by atoms with Crippen LogP contribution in [0.5, 0.6) is 0 Å². The summed E-state index contributed by atoms with van der Waals surface area (Å²) in [6.45, 7) is 6.04. The third-order valence-corrected chi connectivity index (χ3v) is 2.50. The number of aliphatic carboxylic acids is 1. The Morgan fingerprint density at radius 2 is 1.82 bits per heavy atom. The lowest BCUT2D eigenvalue weighted by atomic mass is 9.96. The fourth-order valence-electron chi connectivity index (χ4n) is 1.49. The van der Waals surface area contributed by atoms with Gasteiger partial charge in [0.05, 0.1) is 0 Å². The van der Waals surface area contributed by atoms with Gasteiger partial charge in [0.25, 0.3) is 6.47 Å². The molecule has 0 aliphatic carbocycles. The molecule has 0 bridgehead atoms. The van der Waals surface area contributed by atoms with Crippen LogP contribution in [0.25, 0.3) is 0 Å². The van der Waals surface area contributed by atoms with Gasteiger partial charge in [-0.25, -0.2) is 4.79 Å². The number of carboxylic acids is 1. The van der Waals surface area contributed by atoms with Crippen LogP contribution in [0.3, 0.4) is 0 Å². The topological polar surface area (TPSA) is 130 Å². The summed E-state index contributed by atoms with van der Waals surface area (Å²) in [5.74, 6) is -1.66. The Balaban J connectivity index is 0.000000409. The third-order valence-electron chi connectivity index (χ3n) is 2.50. The maximum atomic E-state index is 9.81. The Hall–Kier alpha value is -1.96. The smallest absolute Gasteiger partial charge is 0.339 e. The van der Waals surface area contributed by atoms with Crippen LogP contribution < -0.4 is 5.73 Å². The number of carbonyl (C=O) groups is 2. The summed E-state index contributed by atoms with van der Waals surface area (Å²) in [7, 11) is 0. The van der Waals surface area contributed by atoms with Gasteiger partial charge in [0.2, 0.25) is 12.4 Å². The molecular formula is C15H23NO6. The van der Waals surface area contributed by atoms with Crippen LogP contribution in [0.2, 0.25) is 0 Å². The molecule has 0 aliphatic rings. The molecule has 0 amide bonds. The van der Waals surface area contributed by atoms with E-state index in [-0.39, 0.29) is 12.0 Å². The summed E-state index contributed by atoms with van der Waals surface area (Å²) in [6, 6.07) is 8.54. The minimum Gasteiger partial charge on any atom is -0.479 e. The molecule has 124 valence electrons. The highest BCUT2D eigenvalue weighted by molar-refractivity contribution is 5.72. The van der Waals surface area contributed by atoms with Gasteiger partial charge >= 0.3 is 5.97 Å². The first-order valence-electron chi connectivity index (χ1n) is 6.59. The molecule has 0 spiro atoms. The highest BCUT2D eigenvalue weighted by atomic mass is 16.6. The number of hydrogen-bond acceptors (Lipinski definition) is 6. The number of aliphatic hydroxyl groups is 2. The van der Waals surface area contributed by atoms with Gasteiger partial charge in [0.15, 0.2) is 0 Å². The molecule has 7 nitrogen and oxygen atoms in total. The molecule has 5 N–H and O–H groups in total. The van der Waals surface area contributed by atoms with Crippen molar-refractivity contribution in [1.29, 1.82) is 0 Å². The molecule has 7 heteroatoms. The highest BCUT2D eigenvalue weighted by Gasteiger charge is 2.24. The number of aryl methyl sites for hydroxylation is 1. The Bertz CT molecular complexity index is 466. The molecule has 2 atom stereocenters. The molecule has 1 rings (SSSR count). The zero-order chi connectivity index (χ0) is 17.3. The number of hydrogen-bond donors (Lipinski definition) is 4. The van der Waals surface area contributed by atoms with E-state index in [9.17, 15) is 9.59 Å². The standard InChI is InChI=1S/C11H17N.C4H6O6/c1-9-4-6-10(7-5-9)8-11(2,3)12;5-1-10-4(9)2(6)3(7)8/h4-7H,8,12H2,1-3H3;1-2,4,6,9H,(H,7,8)/t;2-,4-/m.1/s1. The molecule has 0 heterocycles. The van der Waals surface area contributed by atoms with Crippen LogP contribution in [0.15, 0.2) is 24.3 Å². The Morgan fingerprint density at radius 3 is 2.18 bits per heavy atom. The summed E-state index contributed by atoms with van der Waals surface area (Å²) >= 11 is 0. The van der Waals surface area contributed by atoms with E-state index >= 15 is 0 Å². The summed E-state index contributed by atoms with van der Waals surface area (Å²) in [5, 5.41) is 24.8. The largest absolute Gasteiger partial charge is 0.479 e. The van der Waals surface area contributed by atoms with Crippen molar-refractivity contribution in [3.63, 3.8) is 0 Å². The van der Waals surface area contributed by atoms with Crippen molar-refractivity contribution in [3.8, 4) is 0 Å². The molecular weight excluding hydrogens is 290 g/mol. The Morgan fingerprint density at radius 1 is 1.32 bits per heavy atom. The van der Waals surface area contributed by atoms with Crippen LogP contribution in [-0.2, 0) is 20.7 Å². The molecule has 0 saturated carbocycles. The number of nitrogens with two attached hydrogens (primary N) is 1. The first-order chi connectivity index (χ1) is 10.1. The first kappa shape index (κ1) is 20.0. The Kier molecular flexibility index (Phi) is 8.32. The van der Waals surface area contributed by atoms with Crippen molar-refractivity contribution in [2.75, 3.05) is 0 Å². The van der Waals surface area contributed by atoms with Gasteiger partial charge < -0.3 is 25.8 Å². The van der Waals surface area contributed by atoms with Crippen molar-refractivity contribution in [2.45, 2.75) is 45.1 Å². The van der Waals surface area contributed by atoms with Crippen molar-refractivity contribution in [1.82, 2.24) is 0 Å². The van der Waals surface area contributed by atoms with Crippen LogP contribution >= 0.6 is 0 Å². The van der Waals surface area contributed by atoms with Gasteiger partial charge in [-0.2, -0.15) is 0 Å².